The third kappa shape index (κ3) is 8.27. The van der Waals surface area contributed by atoms with Gasteiger partial charge in [0.1, 0.15) is 10.1 Å². The molecule has 0 N–H and O–H groups in total. The van der Waals surface area contributed by atoms with Gasteiger partial charge < -0.3 is 25.0 Å². The second-order valence-electron chi connectivity index (χ2n) is 9.78. The van der Waals surface area contributed by atoms with Crippen LogP contribution in [0.5, 0.6) is 23.0 Å². The van der Waals surface area contributed by atoms with Crippen molar-refractivity contribution in [2.75, 3.05) is 0 Å². The van der Waals surface area contributed by atoms with Crippen LogP contribution in [0.25, 0.3) is 21.5 Å². The average Bonchev–Trinajstić information content (AvgIpc) is 3.05. The molecular weight excluding hydrogens is 718 g/mol. The number of nitrogens with zero attached hydrogens (tertiary/aromatic N) is 5. The number of benzene rings is 6. The van der Waals surface area contributed by atoms with Crippen LogP contribution in [-0.4, -0.2) is 17.9 Å². The quantitative estimate of drug-likeness (QED) is 0.0783. The van der Waals surface area contributed by atoms with Crippen molar-refractivity contribution in [3.05, 3.63) is 118 Å². The zero-order valence-electron chi connectivity index (χ0n) is 26.4. The van der Waals surface area contributed by atoms with E-state index in [1.807, 2.05) is 12.1 Å². The molecule has 245 valence electrons. The number of rotatable bonds is 6. The largest absolute Gasteiger partial charge is 3.00 e. The van der Waals surface area contributed by atoms with Gasteiger partial charge in [-0.3, -0.25) is 10.1 Å². The summed E-state index contributed by atoms with van der Waals surface area (Å²) < 4.78 is 33.4. The molecule has 0 heterocycles. The normalized spacial score (nSPS) is 11.4. The monoisotopic (exact) mass is 736 g/mol. The summed E-state index contributed by atoms with van der Waals surface area (Å²) in [5.41, 5.74) is -0.822. The first-order valence-corrected chi connectivity index (χ1v) is 15.2. The van der Waals surface area contributed by atoms with Crippen LogP contribution in [0.1, 0.15) is 2.85 Å². The van der Waals surface area contributed by atoms with Gasteiger partial charge in [-0.05, 0) is 22.9 Å². The first-order valence-electron chi connectivity index (χ1n) is 13.5. The maximum atomic E-state index is 12.1. The molecule has 0 aromatic heterocycles. The molecule has 0 saturated heterocycles. The van der Waals surface area contributed by atoms with Crippen molar-refractivity contribution in [3.63, 3.8) is 0 Å². The van der Waals surface area contributed by atoms with Crippen LogP contribution in [0.15, 0.2) is 128 Å². The van der Waals surface area contributed by atoms with E-state index in [0.29, 0.717) is 10.8 Å². The Morgan fingerprint density at radius 1 is 0.633 bits per heavy atom. The number of hydrogen-bond donors (Lipinski definition) is 0. The number of hydrogen-bond acceptors (Lipinski definition) is 13. The maximum absolute atomic E-state index is 12.1. The van der Waals surface area contributed by atoms with Crippen molar-refractivity contribution in [2.45, 2.75) is 4.90 Å². The third-order valence-electron chi connectivity index (χ3n) is 6.67. The summed E-state index contributed by atoms with van der Waals surface area (Å²) >= 11 is 5.73. The van der Waals surface area contributed by atoms with Crippen molar-refractivity contribution >= 4 is 71.7 Å². The minimum Gasteiger partial charge on any atom is -0.871 e. The van der Waals surface area contributed by atoms with Gasteiger partial charge in [0.15, 0.2) is 0 Å². The van der Waals surface area contributed by atoms with Gasteiger partial charge in [-0.15, -0.1) is 0 Å². The van der Waals surface area contributed by atoms with Crippen molar-refractivity contribution in [3.8, 4) is 23.0 Å². The Labute approximate surface area is 295 Å². The molecule has 49 heavy (non-hydrogen) atoms. The van der Waals surface area contributed by atoms with Crippen LogP contribution in [-0.2, 0) is 27.5 Å². The summed E-state index contributed by atoms with van der Waals surface area (Å²) in [7, 11) is -5.01. The van der Waals surface area contributed by atoms with E-state index < -0.39 is 42.9 Å². The van der Waals surface area contributed by atoms with Crippen LogP contribution in [0, 0.1) is 10.1 Å². The molecule has 0 aliphatic rings. The van der Waals surface area contributed by atoms with Gasteiger partial charge in [0.2, 0.25) is 0 Å². The third-order valence-corrected chi connectivity index (χ3v) is 7.73. The van der Waals surface area contributed by atoms with Crippen LogP contribution >= 0.6 is 11.6 Å². The second kappa shape index (κ2) is 15.1. The standard InChI is InChI=1S/C16H11ClN2O5S.C16H11N3O4.Cr/c17-10-7-12(16(21)14(8-10)25(22,23)24)18-19-15-11-4-2-1-3-9(11)5-6-13(15)20;20-14-8-6-11(19(22)23)9-13(14)17-18-16-12-4-2-1-3-10(12)5-7-15(16)21;/h1-8,20-21H,(H,22,23,24);1-9,20-21H;/q;;+3/p-3. The molecule has 0 amide bonds. The van der Waals surface area contributed by atoms with Gasteiger partial charge in [-0.2, -0.15) is 20.5 Å². The molecule has 0 saturated carbocycles. The van der Waals surface area contributed by atoms with Crippen molar-refractivity contribution in [2.24, 2.45) is 20.5 Å². The van der Waals surface area contributed by atoms with E-state index in [-0.39, 0.29) is 53.7 Å². The predicted octanol–water partition coefficient (Wildman–Crippen LogP) is 6.49. The Kier molecular flexibility index (Phi) is 11.1. The Bertz CT molecular complexity index is 2400. The number of non-ortho nitro benzene ring substituents is 1. The van der Waals surface area contributed by atoms with Crippen molar-refractivity contribution < 1.29 is 58.5 Å². The number of fused-ring (bicyclic) bond motifs is 2. The zero-order valence-corrected chi connectivity index (χ0v) is 27.3. The van der Waals surface area contributed by atoms with E-state index in [1.54, 1.807) is 48.5 Å². The van der Waals surface area contributed by atoms with Crippen molar-refractivity contribution in [1.82, 2.24) is 0 Å². The molecule has 0 aliphatic heterocycles. The van der Waals surface area contributed by atoms with Gasteiger partial charge in [-0.25, -0.2) is 8.42 Å². The summed E-state index contributed by atoms with van der Waals surface area (Å²) in [4.78, 5) is 9.10. The minimum absolute atomic E-state index is 0. The molecule has 17 heteroatoms. The molecular formula is C32H19ClCrN5O9S. The van der Waals surface area contributed by atoms with Crippen LogP contribution in [0.2, 0.25) is 5.02 Å². The summed E-state index contributed by atoms with van der Waals surface area (Å²) in [6, 6.07) is 25.0. The molecule has 14 nitrogen and oxygen atoms in total. The van der Waals surface area contributed by atoms with E-state index in [2.05, 4.69) is 20.5 Å². The van der Waals surface area contributed by atoms with Crippen LogP contribution in [0.3, 0.4) is 0 Å². The topological polar surface area (TPSA) is 242 Å². The number of nitro benzene ring substituents is 1. The summed E-state index contributed by atoms with van der Waals surface area (Å²) in [5.74, 6) is -2.40. The molecule has 0 spiro atoms. The average molecular weight is 737 g/mol. The van der Waals surface area contributed by atoms with E-state index in [4.69, 9.17) is 11.6 Å². The fourth-order valence-electron chi connectivity index (χ4n) is 4.40. The molecule has 0 unspecified atom stereocenters. The Balaban J connectivity index is 0.000000335. The molecule has 0 fully saturated rings. The molecule has 6 rings (SSSR count). The molecule has 0 aliphatic carbocycles. The SMILES string of the molecule is O=S(=O)([O-])c1cc(Cl)cc(N=Nc2c([O-])ccc3ccccc23)c1[O-].O=[N+]([O-])c1ccc([O-])c(N=Nc2c([O-])ccc3ccccc23)c1.[Cr+3].[H+].[H+]. The molecule has 0 bridgehead atoms. The smallest absolute Gasteiger partial charge is 0.871 e. The fraction of sp³-hybridized carbons (Fsp3) is 0. The molecule has 0 atom stereocenters. The Hall–Kier alpha value is -5.63. The van der Waals surface area contributed by atoms with Crippen LogP contribution in [0.4, 0.5) is 28.4 Å². The zero-order chi connectivity index (χ0) is 34.6. The number of azo groups is 2. The second-order valence-corrected chi connectivity index (χ2v) is 11.6. The number of halogens is 1. The van der Waals surface area contributed by atoms with Gasteiger partial charge in [0.25, 0.3) is 5.69 Å². The summed E-state index contributed by atoms with van der Waals surface area (Å²) in [6.45, 7) is 0. The fourth-order valence-corrected chi connectivity index (χ4v) is 5.28. The predicted molar refractivity (Wildman–Crippen MR) is 169 cm³/mol. The summed E-state index contributed by atoms with van der Waals surface area (Å²) in [5, 5.41) is 76.1. The van der Waals surface area contributed by atoms with E-state index >= 15 is 0 Å². The van der Waals surface area contributed by atoms with E-state index in [0.717, 1.165) is 41.1 Å². The number of nitro groups is 1. The molecule has 1 radical (unpaired) electrons. The van der Waals surface area contributed by atoms with Crippen LogP contribution < -0.4 is 20.4 Å². The summed E-state index contributed by atoms with van der Waals surface area (Å²) in [6.07, 6.45) is 0. The van der Waals surface area contributed by atoms with Gasteiger partial charge in [0, 0.05) is 27.9 Å². The van der Waals surface area contributed by atoms with E-state index in [1.165, 1.54) is 12.1 Å². The first-order chi connectivity index (χ1) is 22.8. The minimum atomic E-state index is -5.01. The Morgan fingerprint density at radius 2 is 1.12 bits per heavy atom. The van der Waals surface area contributed by atoms with Gasteiger partial charge in [-0.1, -0.05) is 113 Å². The van der Waals surface area contributed by atoms with Crippen molar-refractivity contribution in [1.29, 1.82) is 0 Å². The van der Waals surface area contributed by atoms with Gasteiger partial charge >= 0.3 is 20.2 Å². The maximum Gasteiger partial charge on any atom is 3.00 e. The first kappa shape index (κ1) is 36.2. The van der Waals surface area contributed by atoms with Gasteiger partial charge in [0.05, 0.1) is 32.6 Å². The molecule has 6 aromatic carbocycles. The Morgan fingerprint density at radius 3 is 1.63 bits per heavy atom. The van der Waals surface area contributed by atoms with E-state index in [9.17, 15) is 43.5 Å². The molecule has 6 aromatic rings.